The molecular weight excluding hydrogens is 374 g/mol. The Morgan fingerprint density at radius 1 is 1.13 bits per heavy atom. The van der Waals surface area contributed by atoms with E-state index in [1.165, 1.54) is 0 Å². The van der Waals surface area contributed by atoms with Gasteiger partial charge < -0.3 is 4.90 Å². The molecule has 0 spiro atoms. The van der Waals surface area contributed by atoms with Gasteiger partial charge in [-0.3, -0.25) is 14.0 Å². The number of hydrogen-bond donors (Lipinski definition) is 0. The molecule has 0 aliphatic carbocycles. The SMILES string of the molecule is Cc1nn(C)cc1CCC(=O)N(C)C(C)c1ccc(-n2cnc3ccccc32)cc1. The van der Waals surface area contributed by atoms with E-state index < -0.39 is 0 Å². The second-order valence-electron chi connectivity index (χ2n) is 7.79. The van der Waals surface area contributed by atoms with E-state index >= 15 is 0 Å². The second-order valence-corrected chi connectivity index (χ2v) is 7.79. The molecular formula is C24H27N5O. The monoisotopic (exact) mass is 401 g/mol. The molecule has 0 saturated carbocycles. The Bertz CT molecular complexity index is 1170. The van der Waals surface area contributed by atoms with Gasteiger partial charge in [0, 0.05) is 32.4 Å². The van der Waals surface area contributed by atoms with Crippen molar-refractivity contribution in [2.45, 2.75) is 32.7 Å². The summed E-state index contributed by atoms with van der Waals surface area (Å²) in [5.41, 5.74) is 6.34. The van der Waals surface area contributed by atoms with Crippen LogP contribution < -0.4 is 0 Å². The number of fused-ring (bicyclic) bond motifs is 1. The first-order valence-corrected chi connectivity index (χ1v) is 10.2. The zero-order valence-electron chi connectivity index (χ0n) is 17.9. The Morgan fingerprint density at radius 3 is 2.57 bits per heavy atom. The maximum absolute atomic E-state index is 12.7. The van der Waals surface area contributed by atoms with Gasteiger partial charge in [-0.25, -0.2) is 4.98 Å². The van der Waals surface area contributed by atoms with Crippen molar-refractivity contribution >= 4 is 16.9 Å². The van der Waals surface area contributed by atoms with Gasteiger partial charge in [-0.15, -0.1) is 0 Å². The highest BCUT2D eigenvalue weighted by atomic mass is 16.2. The number of carbonyl (C=O) groups excluding carboxylic acids is 1. The Hall–Kier alpha value is -3.41. The minimum atomic E-state index is 0.000997. The van der Waals surface area contributed by atoms with Crippen LogP contribution in [0.3, 0.4) is 0 Å². The lowest BCUT2D eigenvalue weighted by molar-refractivity contribution is -0.131. The standard InChI is InChI=1S/C24H27N5O/c1-17-20(15-27(3)26-17)11-14-24(30)28(4)18(2)19-9-12-21(13-10-19)29-16-25-22-7-5-6-8-23(22)29/h5-10,12-13,15-16,18H,11,14H2,1-4H3. The van der Waals surface area contributed by atoms with E-state index in [1.54, 1.807) is 4.68 Å². The number of nitrogens with zero attached hydrogens (tertiary/aromatic N) is 5. The Labute approximate surface area is 176 Å². The smallest absolute Gasteiger partial charge is 0.223 e. The zero-order valence-corrected chi connectivity index (χ0v) is 17.9. The van der Waals surface area contributed by atoms with Crippen LogP contribution in [-0.2, 0) is 18.3 Å². The van der Waals surface area contributed by atoms with Crippen molar-refractivity contribution in [2.24, 2.45) is 7.05 Å². The lowest BCUT2D eigenvalue weighted by Crippen LogP contribution is -2.29. The van der Waals surface area contributed by atoms with Gasteiger partial charge in [0.25, 0.3) is 0 Å². The average molecular weight is 402 g/mol. The molecule has 0 saturated heterocycles. The van der Waals surface area contributed by atoms with Crippen molar-refractivity contribution in [3.05, 3.63) is 77.9 Å². The minimum Gasteiger partial charge on any atom is -0.339 e. The summed E-state index contributed by atoms with van der Waals surface area (Å²) >= 11 is 0. The molecule has 6 nitrogen and oxygen atoms in total. The van der Waals surface area contributed by atoms with Crippen LogP contribution >= 0.6 is 0 Å². The first-order chi connectivity index (χ1) is 14.4. The molecule has 1 amide bonds. The summed E-state index contributed by atoms with van der Waals surface area (Å²) in [6.07, 6.45) is 5.03. The van der Waals surface area contributed by atoms with E-state index in [2.05, 4.69) is 51.9 Å². The number of hydrogen-bond acceptors (Lipinski definition) is 3. The Kier molecular flexibility index (Phi) is 5.40. The van der Waals surface area contributed by atoms with E-state index in [-0.39, 0.29) is 11.9 Å². The zero-order chi connectivity index (χ0) is 21.3. The first-order valence-electron chi connectivity index (χ1n) is 10.2. The Balaban J connectivity index is 1.44. The molecule has 0 bridgehead atoms. The molecule has 0 aliphatic heterocycles. The maximum atomic E-state index is 12.7. The van der Waals surface area contributed by atoms with Crippen LogP contribution in [-0.4, -0.2) is 37.2 Å². The second kappa shape index (κ2) is 8.14. The van der Waals surface area contributed by atoms with Crippen LogP contribution in [0.4, 0.5) is 0 Å². The third-order valence-corrected chi connectivity index (χ3v) is 5.80. The molecule has 154 valence electrons. The number of aryl methyl sites for hydroxylation is 3. The number of benzene rings is 2. The van der Waals surface area contributed by atoms with Gasteiger partial charge in [0.1, 0.15) is 6.33 Å². The van der Waals surface area contributed by atoms with Crippen molar-refractivity contribution in [3.8, 4) is 5.69 Å². The largest absolute Gasteiger partial charge is 0.339 e. The molecule has 0 N–H and O–H groups in total. The molecule has 1 atom stereocenters. The van der Waals surface area contributed by atoms with Gasteiger partial charge in [-0.1, -0.05) is 24.3 Å². The maximum Gasteiger partial charge on any atom is 0.223 e. The molecule has 2 heterocycles. The van der Waals surface area contributed by atoms with Crippen LogP contribution in [0.15, 0.2) is 61.1 Å². The van der Waals surface area contributed by atoms with E-state index in [0.29, 0.717) is 12.8 Å². The van der Waals surface area contributed by atoms with E-state index in [0.717, 1.165) is 33.5 Å². The molecule has 2 aromatic heterocycles. The molecule has 0 aliphatic rings. The van der Waals surface area contributed by atoms with Crippen LogP contribution in [0.25, 0.3) is 16.7 Å². The topological polar surface area (TPSA) is 56.0 Å². The summed E-state index contributed by atoms with van der Waals surface area (Å²) < 4.78 is 3.88. The first kappa shape index (κ1) is 19.9. The fourth-order valence-electron chi connectivity index (χ4n) is 3.83. The third-order valence-electron chi connectivity index (χ3n) is 5.80. The third kappa shape index (κ3) is 3.85. The average Bonchev–Trinajstić information content (AvgIpc) is 3.33. The number of carbonyl (C=O) groups is 1. The molecule has 2 aromatic carbocycles. The predicted molar refractivity (Wildman–Crippen MR) is 119 cm³/mol. The number of rotatable bonds is 6. The molecule has 1 unspecified atom stereocenters. The van der Waals surface area contributed by atoms with E-state index in [4.69, 9.17) is 0 Å². The summed E-state index contributed by atoms with van der Waals surface area (Å²) in [4.78, 5) is 19.0. The van der Waals surface area contributed by atoms with Crippen LogP contribution in [0, 0.1) is 6.92 Å². The predicted octanol–water partition coefficient (Wildman–Crippen LogP) is 4.22. The molecule has 0 radical (unpaired) electrons. The fraction of sp³-hybridized carbons (Fsp3) is 0.292. The van der Waals surface area contributed by atoms with Crippen molar-refractivity contribution in [1.29, 1.82) is 0 Å². The van der Waals surface area contributed by atoms with Gasteiger partial charge >= 0.3 is 0 Å². The number of amides is 1. The lowest BCUT2D eigenvalue weighted by atomic mass is 10.1. The highest BCUT2D eigenvalue weighted by Crippen LogP contribution is 2.23. The minimum absolute atomic E-state index is 0.000997. The summed E-state index contributed by atoms with van der Waals surface area (Å²) in [5.74, 6) is 0.135. The fourth-order valence-corrected chi connectivity index (χ4v) is 3.83. The van der Waals surface area contributed by atoms with Crippen LogP contribution in [0.5, 0.6) is 0 Å². The van der Waals surface area contributed by atoms with Crippen LogP contribution in [0.1, 0.15) is 36.2 Å². The van der Waals surface area contributed by atoms with Crippen molar-refractivity contribution in [1.82, 2.24) is 24.2 Å². The van der Waals surface area contributed by atoms with Gasteiger partial charge in [0.05, 0.1) is 22.8 Å². The van der Waals surface area contributed by atoms with Gasteiger partial charge in [0.2, 0.25) is 5.91 Å². The highest BCUT2D eigenvalue weighted by molar-refractivity contribution is 5.77. The van der Waals surface area contributed by atoms with Crippen molar-refractivity contribution in [2.75, 3.05) is 7.05 Å². The van der Waals surface area contributed by atoms with Crippen molar-refractivity contribution in [3.63, 3.8) is 0 Å². The number of para-hydroxylation sites is 2. The molecule has 4 rings (SSSR count). The van der Waals surface area contributed by atoms with Crippen molar-refractivity contribution < 1.29 is 4.79 Å². The Morgan fingerprint density at radius 2 is 1.87 bits per heavy atom. The summed E-state index contributed by atoms with van der Waals surface area (Å²) in [7, 11) is 3.78. The quantitative estimate of drug-likeness (QED) is 0.486. The number of aromatic nitrogens is 4. The number of imidazole rings is 1. The molecule has 4 aromatic rings. The van der Waals surface area contributed by atoms with Crippen LogP contribution in [0.2, 0.25) is 0 Å². The van der Waals surface area contributed by atoms with E-state index in [1.807, 2.05) is 56.6 Å². The summed E-state index contributed by atoms with van der Waals surface area (Å²) in [6.45, 7) is 4.05. The molecule has 6 heteroatoms. The summed E-state index contributed by atoms with van der Waals surface area (Å²) in [5, 5.41) is 4.35. The van der Waals surface area contributed by atoms with E-state index in [9.17, 15) is 4.79 Å². The highest BCUT2D eigenvalue weighted by Gasteiger charge is 2.18. The van der Waals surface area contributed by atoms with Gasteiger partial charge in [0.15, 0.2) is 0 Å². The lowest BCUT2D eigenvalue weighted by Gasteiger charge is -2.25. The van der Waals surface area contributed by atoms with Gasteiger partial charge in [-0.05, 0) is 55.7 Å². The molecule has 0 fully saturated rings. The van der Waals surface area contributed by atoms with Gasteiger partial charge in [-0.2, -0.15) is 5.10 Å². The molecule has 30 heavy (non-hydrogen) atoms. The summed E-state index contributed by atoms with van der Waals surface area (Å²) in [6, 6.07) is 16.4. The normalized spacial score (nSPS) is 12.3.